The molecule has 0 radical (unpaired) electrons. The number of carboxylic acids is 1. The van der Waals surface area contributed by atoms with Crippen molar-refractivity contribution in [3.05, 3.63) is 33.3 Å². The van der Waals surface area contributed by atoms with Gasteiger partial charge in [0.1, 0.15) is 0 Å². The molecular formula is C12H13ClN2O5. The average Bonchev–Trinajstić information content (AvgIpc) is 2.35. The summed E-state index contributed by atoms with van der Waals surface area (Å²) in [5, 5.41) is 19.5. The van der Waals surface area contributed by atoms with E-state index in [1.165, 1.54) is 30.9 Å². The van der Waals surface area contributed by atoms with E-state index >= 15 is 0 Å². The van der Waals surface area contributed by atoms with Crippen molar-refractivity contribution in [3.63, 3.8) is 0 Å². The number of anilines is 1. The molecule has 0 aliphatic carbocycles. The van der Waals surface area contributed by atoms with Gasteiger partial charge in [-0.05, 0) is 6.07 Å². The predicted molar refractivity (Wildman–Crippen MR) is 72.9 cm³/mol. The molecule has 0 aliphatic rings. The molecule has 1 aromatic carbocycles. The molecule has 0 aromatic heterocycles. The number of carbonyl (C=O) groups excluding carboxylic acids is 1. The first-order valence-corrected chi connectivity index (χ1v) is 6.06. The van der Waals surface area contributed by atoms with Crippen LogP contribution in [-0.2, 0) is 9.59 Å². The maximum absolute atomic E-state index is 11.6. The summed E-state index contributed by atoms with van der Waals surface area (Å²) in [6.45, 7) is 2.66. The molecule has 1 aromatic rings. The molecule has 0 bridgehead atoms. The van der Waals surface area contributed by atoms with Gasteiger partial charge in [0.25, 0.3) is 5.69 Å². The molecule has 0 saturated heterocycles. The number of hydrogen-bond donors (Lipinski definition) is 1. The van der Waals surface area contributed by atoms with E-state index in [0.29, 0.717) is 0 Å². The molecular weight excluding hydrogens is 288 g/mol. The van der Waals surface area contributed by atoms with Gasteiger partial charge in [0, 0.05) is 25.6 Å². The number of nitrogens with zero attached hydrogens (tertiary/aromatic N) is 2. The van der Waals surface area contributed by atoms with Crippen LogP contribution >= 0.6 is 11.6 Å². The Bertz CT molecular complexity index is 561. The van der Waals surface area contributed by atoms with Gasteiger partial charge in [-0.2, -0.15) is 0 Å². The largest absolute Gasteiger partial charge is 0.481 e. The SMILES string of the molecule is CC(=O)N(CC(C)C(=O)O)c1ccc([N+](=O)[O-])cc1Cl. The number of halogens is 1. The van der Waals surface area contributed by atoms with Crippen molar-refractivity contribution in [2.75, 3.05) is 11.4 Å². The number of hydrogen-bond acceptors (Lipinski definition) is 4. The minimum Gasteiger partial charge on any atom is -0.481 e. The van der Waals surface area contributed by atoms with Crippen LogP contribution in [0.4, 0.5) is 11.4 Å². The van der Waals surface area contributed by atoms with Gasteiger partial charge in [-0.15, -0.1) is 0 Å². The van der Waals surface area contributed by atoms with E-state index in [0.717, 1.165) is 6.07 Å². The highest BCUT2D eigenvalue weighted by atomic mass is 35.5. The van der Waals surface area contributed by atoms with Gasteiger partial charge in [0.15, 0.2) is 0 Å². The molecule has 0 heterocycles. The van der Waals surface area contributed by atoms with Crippen molar-refractivity contribution < 1.29 is 19.6 Å². The second-order valence-electron chi connectivity index (χ2n) is 4.26. The zero-order valence-corrected chi connectivity index (χ0v) is 11.6. The third-order valence-electron chi connectivity index (χ3n) is 2.69. The van der Waals surface area contributed by atoms with Crippen LogP contribution in [-0.4, -0.2) is 28.5 Å². The molecule has 7 nitrogen and oxygen atoms in total. The van der Waals surface area contributed by atoms with Crippen LogP contribution in [0.3, 0.4) is 0 Å². The third-order valence-corrected chi connectivity index (χ3v) is 2.99. The summed E-state index contributed by atoms with van der Waals surface area (Å²) in [5.74, 6) is -2.23. The molecule has 1 rings (SSSR count). The number of amides is 1. The number of benzene rings is 1. The van der Waals surface area contributed by atoms with Crippen molar-refractivity contribution in [1.82, 2.24) is 0 Å². The molecule has 8 heteroatoms. The van der Waals surface area contributed by atoms with E-state index in [2.05, 4.69) is 0 Å². The van der Waals surface area contributed by atoms with Gasteiger partial charge in [-0.1, -0.05) is 18.5 Å². The molecule has 1 unspecified atom stereocenters. The Labute approximate surface area is 119 Å². The number of carbonyl (C=O) groups is 2. The van der Waals surface area contributed by atoms with Crippen LogP contribution in [0.2, 0.25) is 5.02 Å². The van der Waals surface area contributed by atoms with E-state index in [9.17, 15) is 19.7 Å². The van der Waals surface area contributed by atoms with Gasteiger partial charge >= 0.3 is 5.97 Å². The molecule has 0 spiro atoms. The molecule has 1 atom stereocenters. The molecule has 20 heavy (non-hydrogen) atoms. The highest BCUT2D eigenvalue weighted by molar-refractivity contribution is 6.34. The first kappa shape index (κ1) is 15.9. The lowest BCUT2D eigenvalue weighted by atomic mass is 10.1. The fraction of sp³-hybridized carbons (Fsp3) is 0.333. The molecule has 1 amide bonds. The Kier molecular flexibility index (Phi) is 5.04. The van der Waals surface area contributed by atoms with Gasteiger partial charge in [0.05, 0.1) is 21.6 Å². The van der Waals surface area contributed by atoms with Crippen LogP contribution in [0.25, 0.3) is 0 Å². The Morgan fingerprint density at radius 1 is 1.50 bits per heavy atom. The summed E-state index contributed by atoms with van der Waals surface area (Å²) in [5.41, 5.74) is 0.0476. The Balaban J connectivity index is 3.13. The number of rotatable bonds is 5. The summed E-state index contributed by atoms with van der Waals surface area (Å²) >= 11 is 5.93. The number of aliphatic carboxylic acids is 1. The number of non-ortho nitro benzene ring substituents is 1. The summed E-state index contributed by atoms with van der Waals surface area (Å²) in [6, 6.07) is 3.66. The lowest BCUT2D eigenvalue weighted by Crippen LogP contribution is -2.35. The smallest absolute Gasteiger partial charge is 0.308 e. The van der Waals surface area contributed by atoms with Crippen molar-refractivity contribution in [2.24, 2.45) is 5.92 Å². The monoisotopic (exact) mass is 300 g/mol. The molecule has 1 N–H and O–H groups in total. The number of nitro groups is 1. The summed E-state index contributed by atoms with van der Waals surface area (Å²) < 4.78 is 0. The van der Waals surface area contributed by atoms with Gasteiger partial charge in [-0.25, -0.2) is 0 Å². The second kappa shape index (κ2) is 6.33. The molecule has 0 aliphatic heterocycles. The van der Waals surface area contributed by atoms with Gasteiger partial charge < -0.3 is 10.0 Å². The standard InChI is InChI=1S/C12H13ClN2O5/c1-7(12(17)18)6-14(8(2)16)11-4-3-9(15(19)20)5-10(11)13/h3-5,7H,6H2,1-2H3,(H,17,18). The minimum absolute atomic E-state index is 0.0204. The minimum atomic E-state index is -1.05. The predicted octanol–water partition coefficient (Wildman–Crippen LogP) is 2.32. The summed E-state index contributed by atoms with van der Waals surface area (Å²) in [4.78, 5) is 33.7. The fourth-order valence-electron chi connectivity index (χ4n) is 1.58. The van der Waals surface area contributed by atoms with Gasteiger partial charge in [0.2, 0.25) is 5.91 Å². The van der Waals surface area contributed by atoms with Crippen LogP contribution in [0.5, 0.6) is 0 Å². The van der Waals surface area contributed by atoms with E-state index < -0.39 is 22.7 Å². The second-order valence-corrected chi connectivity index (χ2v) is 4.67. The topological polar surface area (TPSA) is 101 Å². The van der Waals surface area contributed by atoms with Crippen LogP contribution < -0.4 is 4.90 Å². The zero-order valence-electron chi connectivity index (χ0n) is 10.9. The van der Waals surface area contributed by atoms with Crippen molar-refractivity contribution >= 4 is 34.9 Å². The highest BCUT2D eigenvalue weighted by Crippen LogP contribution is 2.30. The van der Waals surface area contributed by atoms with Crippen molar-refractivity contribution in [1.29, 1.82) is 0 Å². The van der Waals surface area contributed by atoms with E-state index in [-0.39, 0.29) is 22.9 Å². The van der Waals surface area contributed by atoms with Crippen LogP contribution in [0.1, 0.15) is 13.8 Å². The van der Waals surface area contributed by atoms with Gasteiger partial charge in [-0.3, -0.25) is 19.7 Å². The average molecular weight is 301 g/mol. The van der Waals surface area contributed by atoms with E-state index in [4.69, 9.17) is 16.7 Å². The maximum Gasteiger partial charge on any atom is 0.308 e. The van der Waals surface area contributed by atoms with Crippen LogP contribution in [0.15, 0.2) is 18.2 Å². The quantitative estimate of drug-likeness (QED) is 0.664. The summed E-state index contributed by atoms with van der Waals surface area (Å²) in [6.07, 6.45) is 0. The van der Waals surface area contributed by atoms with Crippen LogP contribution in [0, 0.1) is 16.0 Å². The molecule has 0 fully saturated rings. The number of carboxylic acid groups (broad SMARTS) is 1. The third kappa shape index (κ3) is 3.67. The van der Waals surface area contributed by atoms with E-state index in [1.54, 1.807) is 0 Å². The Morgan fingerprint density at radius 2 is 2.10 bits per heavy atom. The highest BCUT2D eigenvalue weighted by Gasteiger charge is 2.22. The summed E-state index contributed by atoms with van der Waals surface area (Å²) in [7, 11) is 0. The lowest BCUT2D eigenvalue weighted by molar-refractivity contribution is -0.384. The van der Waals surface area contributed by atoms with Crippen molar-refractivity contribution in [2.45, 2.75) is 13.8 Å². The Morgan fingerprint density at radius 3 is 2.50 bits per heavy atom. The maximum atomic E-state index is 11.6. The first-order chi connectivity index (χ1) is 9.23. The lowest BCUT2D eigenvalue weighted by Gasteiger charge is -2.24. The zero-order chi connectivity index (χ0) is 15.4. The Hall–Kier alpha value is -2.15. The first-order valence-electron chi connectivity index (χ1n) is 5.69. The molecule has 108 valence electrons. The van der Waals surface area contributed by atoms with Crippen molar-refractivity contribution in [3.8, 4) is 0 Å². The normalized spacial score (nSPS) is 11.8. The van der Waals surface area contributed by atoms with E-state index in [1.807, 2.05) is 0 Å². The number of nitro benzene ring substituents is 1. The fourth-order valence-corrected chi connectivity index (χ4v) is 1.85. The molecule has 0 saturated carbocycles.